The van der Waals surface area contributed by atoms with E-state index in [0.717, 1.165) is 34.0 Å². The van der Waals surface area contributed by atoms with E-state index in [1.165, 1.54) is 11.3 Å². The van der Waals surface area contributed by atoms with E-state index in [4.69, 9.17) is 4.74 Å². The fraction of sp³-hybridized carbons (Fsp3) is 0.250. The lowest BCUT2D eigenvalue weighted by Gasteiger charge is -2.29. The Kier molecular flexibility index (Phi) is 5.31. The molecular formula is C20H18N2O3S2. The van der Waals surface area contributed by atoms with E-state index in [0.29, 0.717) is 12.2 Å². The number of esters is 1. The van der Waals surface area contributed by atoms with Gasteiger partial charge < -0.3 is 9.64 Å². The van der Waals surface area contributed by atoms with Gasteiger partial charge in [-0.25, -0.2) is 4.98 Å². The normalized spacial score (nSPS) is 13.3. The minimum absolute atomic E-state index is 0.0751. The van der Waals surface area contributed by atoms with Crippen molar-refractivity contribution in [3.8, 4) is 9.88 Å². The molecule has 0 fully saturated rings. The number of thiophene rings is 1. The van der Waals surface area contributed by atoms with E-state index < -0.39 is 5.97 Å². The number of ether oxygens (including phenoxy) is 1. The standard InChI is InChI=1S/C20H18N2O3S2/c23-18(22-9-3-6-14-5-1-2-7-16(14)22)12-25-19(24)11-15-13-27-20(21-15)17-8-4-10-26-17/h1-2,4-5,7-8,10,13H,3,6,9,11-12H2. The quantitative estimate of drug-likeness (QED) is 0.611. The average Bonchev–Trinajstić information content (AvgIpc) is 3.37. The predicted octanol–water partition coefficient (Wildman–Crippen LogP) is 3.94. The van der Waals surface area contributed by atoms with E-state index in [9.17, 15) is 9.59 Å². The van der Waals surface area contributed by atoms with Crippen LogP contribution < -0.4 is 4.90 Å². The molecule has 7 heteroatoms. The Morgan fingerprint density at radius 1 is 1.15 bits per heavy atom. The number of carbonyl (C=O) groups excluding carboxylic acids is 2. The van der Waals surface area contributed by atoms with Crippen molar-refractivity contribution >= 4 is 40.2 Å². The third-order valence-electron chi connectivity index (χ3n) is 4.38. The molecule has 0 N–H and O–H groups in total. The third-order valence-corrected chi connectivity index (χ3v) is 6.31. The topological polar surface area (TPSA) is 59.5 Å². The van der Waals surface area contributed by atoms with Crippen LogP contribution in [-0.4, -0.2) is 30.0 Å². The van der Waals surface area contributed by atoms with Crippen LogP contribution in [0.15, 0.2) is 47.2 Å². The molecule has 0 saturated heterocycles. The first kappa shape index (κ1) is 17.9. The molecule has 1 aromatic carbocycles. The van der Waals surface area contributed by atoms with Crippen molar-refractivity contribution in [1.29, 1.82) is 0 Å². The number of carbonyl (C=O) groups is 2. The maximum atomic E-state index is 12.5. The van der Waals surface area contributed by atoms with E-state index in [1.807, 2.05) is 47.2 Å². The predicted molar refractivity (Wildman–Crippen MR) is 107 cm³/mol. The summed E-state index contributed by atoms with van der Waals surface area (Å²) in [5, 5.41) is 4.75. The van der Waals surface area contributed by atoms with E-state index >= 15 is 0 Å². The molecule has 0 unspecified atom stereocenters. The van der Waals surface area contributed by atoms with E-state index in [2.05, 4.69) is 4.98 Å². The molecule has 3 aromatic rings. The number of amides is 1. The molecule has 0 saturated carbocycles. The van der Waals surface area contributed by atoms with Crippen LogP contribution in [0.5, 0.6) is 0 Å². The van der Waals surface area contributed by atoms with Gasteiger partial charge in [-0.2, -0.15) is 0 Å². The van der Waals surface area contributed by atoms with Crippen molar-refractivity contribution in [3.05, 3.63) is 58.4 Å². The highest BCUT2D eigenvalue weighted by Crippen LogP contribution is 2.28. The van der Waals surface area contributed by atoms with Crippen LogP contribution >= 0.6 is 22.7 Å². The van der Waals surface area contributed by atoms with Crippen LogP contribution in [-0.2, 0) is 27.2 Å². The minimum Gasteiger partial charge on any atom is -0.455 e. The number of fused-ring (bicyclic) bond motifs is 1. The second kappa shape index (κ2) is 8.02. The summed E-state index contributed by atoms with van der Waals surface area (Å²) in [4.78, 5) is 31.9. The fourth-order valence-corrected chi connectivity index (χ4v) is 4.75. The third kappa shape index (κ3) is 4.09. The van der Waals surface area contributed by atoms with Crippen molar-refractivity contribution in [1.82, 2.24) is 4.98 Å². The Morgan fingerprint density at radius 3 is 2.89 bits per heavy atom. The maximum Gasteiger partial charge on any atom is 0.312 e. The van der Waals surface area contributed by atoms with Gasteiger partial charge in [0.2, 0.25) is 0 Å². The molecule has 0 radical (unpaired) electrons. The molecule has 0 bridgehead atoms. The summed E-state index contributed by atoms with van der Waals surface area (Å²) < 4.78 is 5.21. The highest BCUT2D eigenvalue weighted by Gasteiger charge is 2.23. The first-order valence-corrected chi connectivity index (χ1v) is 10.5. The van der Waals surface area contributed by atoms with Gasteiger partial charge in [0.15, 0.2) is 6.61 Å². The summed E-state index contributed by atoms with van der Waals surface area (Å²) in [5.41, 5.74) is 2.75. The maximum absolute atomic E-state index is 12.5. The Morgan fingerprint density at radius 2 is 2.04 bits per heavy atom. The Labute approximate surface area is 165 Å². The lowest BCUT2D eigenvalue weighted by atomic mass is 10.0. The van der Waals surface area contributed by atoms with Gasteiger partial charge in [0.05, 0.1) is 17.0 Å². The number of nitrogens with zero attached hydrogens (tertiary/aromatic N) is 2. The summed E-state index contributed by atoms with van der Waals surface area (Å²) in [6, 6.07) is 11.8. The zero-order valence-electron chi connectivity index (χ0n) is 14.6. The van der Waals surface area contributed by atoms with Crippen LogP contribution in [0.2, 0.25) is 0 Å². The van der Waals surface area contributed by atoms with Crippen LogP contribution in [0.1, 0.15) is 17.7 Å². The minimum atomic E-state index is -0.434. The molecule has 2 aromatic heterocycles. The van der Waals surface area contributed by atoms with Gasteiger partial charge >= 0.3 is 5.97 Å². The van der Waals surface area contributed by atoms with Gasteiger partial charge in [0.25, 0.3) is 5.91 Å². The molecule has 138 valence electrons. The van der Waals surface area contributed by atoms with Gasteiger partial charge in [-0.05, 0) is 35.9 Å². The average molecular weight is 399 g/mol. The lowest BCUT2D eigenvalue weighted by molar-refractivity contribution is -0.147. The molecule has 0 spiro atoms. The number of benzene rings is 1. The number of hydrogen-bond donors (Lipinski definition) is 0. The summed E-state index contributed by atoms with van der Waals surface area (Å²) in [5.74, 6) is -0.621. The number of anilines is 1. The molecular weight excluding hydrogens is 380 g/mol. The van der Waals surface area contributed by atoms with Gasteiger partial charge in [-0.3, -0.25) is 9.59 Å². The fourth-order valence-electron chi connectivity index (χ4n) is 3.11. The highest BCUT2D eigenvalue weighted by atomic mass is 32.1. The summed E-state index contributed by atoms with van der Waals surface area (Å²) in [7, 11) is 0. The summed E-state index contributed by atoms with van der Waals surface area (Å²) in [6.07, 6.45) is 1.96. The zero-order chi connectivity index (χ0) is 18.6. The Bertz CT molecular complexity index is 950. The van der Waals surface area contributed by atoms with Crippen LogP contribution in [0, 0.1) is 0 Å². The number of aromatic nitrogens is 1. The van der Waals surface area contributed by atoms with E-state index in [1.54, 1.807) is 16.2 Å². The van der Waals surface area contributed by atoms with Crippen LogP contribution in [0.3, 0.4) is 0 Å². The first-order valence-electron chi connectivity index (χ1n) is 8.73. The SMILES string of the molecule is O=C(Cc1csc(-c2cccs2)n1)OCC(=O)N1CCCc2ccccc21. The molecule has 0 atom stereocenters. The number of aryl methyl sites for hydroxylation is 1. The van der Waals surface area contributed by atoms with Crippen LogP contribution in [0.4, 0.5) is 5.69 Å². The first-order chi connectivity index (χ1) is 13.2. The molecule has 4 rings (SSSR count). The highest BCUT2D eigenvalue weighted by molar-refractivity contribution is 7.20. The van der Waals surface area contributed by atoms with E-state index in [-0.39, 0.29) is 18.9 Å². The van der Waals surface area contributed by atoms with Gasteiger partial charge in [0.1, 0.15) is 5.01 Å². The number of rotatable bonds is 5. The summed E-state index contributed by atoms with van der Waals surface area (Å²) >= 11 is 3.12. The lowest BCUT2D eigenvalue weighted by Crippen LogP contribution is -2.38. The Hall–Kier alpha value is -2.51. The number of hydrogen-bond acceptors (Lipinski definition) is 6. The van der Waals surface area contributed by atoms with Crippen molar-refractivity contribution in [2.75, 3.05) is 18.1 Å². The smallest absolute Gasteiger partial charge is 0.312 e. The summed E-state index contributed by atoms with van der Waals surface area (Å²) in [6.45, 7) is 0.415. The molecule has 5 nitrogen and oxygen atoms in total. The van der Waals surface area contributed by atoms with Crippen LogP contribution in [0.25, 0.3) is 9.88 Å². The van der Waals surface area contributed by atoms with Crippen molar-refractivity contribution < 1.29 is 14.3 Å². The molecule has 0 aliphatic carbocycles. The zero-order valence-corrected chi connectivity index (χ0v) is 16.2. The molecule has 1 amide bonds. The second-order valence-electron chi connectivity index (χ2n) is 6.24. The second-order valence-corrected chi connectivity index (χ2v) is 8.04. The van der Waals surface area contributed by atoms with Gasteiger partial charge in [-0.15, -0.1) is 22.7 Å². The molecule has 3 heterocycles. The molecule has 1 aliphatic heterocycles. The van der Waals surface area contributed by atoms with Crippen molar-refractivity contribution in [3.63, 3.8) is 0 Å². The number of para-hydroxylation sites is 1. The monoisotopic (exact) mass is 398 g/mol. The van der Waals surface area contributed by atoms with Gasteiger partial charge in [0, 0.05) is 17.6 Å². The van der Waals surface area contributed by atoms with Crippen molar-refractivity contribution in [2.45, 2.75) is 19.3 Å². The van der Waals surface area contributed by atoms with Crippen molar-refractivity contribution in [2.24, 2.45) is 0 Å². The molecule has 27 heavy (non-hydrogen) atoms. The largest absolute Gasteiger partial charge is 0.455 e. The van der Waals surface area contributed by atoms with Gasteiger partial charge in [-0.1, -0.05) is 24.3 Å². The number of thiazole rings is 1. The Balaban J connectivity index is 1.33. The molecule has 1 aliphatic rings.